The number of nitrogens with zero attached hydrogens (tertiary/aromatic N) is 2. The van der Waals surface area contributed by atoms with Crippen LogP contribution < -0.4 is 15.5 Å². The first-order valence-electron chi connectivity index (χ1n) is 8.33. The Morgan fingerprint density at radius 2 is 1.68 bits per heavy atom. The molecular formula is C19H24N4O2. The summed E-state index contributed by atoms with van der Waals surface area (Å²) in [5, 5.41) is 5.63. The summed E-state index contributed by atoms with van der Waals surface area (Å²) < 4.78 is 0. The molecule has 6 heteroatoms. The van der Waals surface area contributed by atoms with Crippen molar-refractivity contribution in [2.75, 3.05) is 30.9 Å². The lowest BCUT2D eigenvalue weighted by molar-refractivity contribution is 0.0953. The Kier molecular flexibility index (Phi) is 6.51. The molecule has 0 aliphatic heterocycles. The van der Waals surface area contributed by atoms with Gasteiger partial charge in [0.25, 0.3) is 11.8 Å². The van der Waals surface area contributed by atoms with Gasteiger partial charge in [0.05, 0.1) is 11.1 Å². The van der Waals surface area contributed by atoms with Crippen LogP contribution in [0.4, 0.5) is 11.4 Å². The molecular weight excluding hydrogens is 316 g/mol. The second kappa shape index (κ2) is 8.82. The van der Waals surface area contributed by atoms with Crippen molar-refractivity contribution in [3.05, 3.63) is 53.9 Å². The standard InChI is InChI=1S/C19H24N4O2/c1-4-5-10-21-18(24)14-11-15(13-20-12-14)19(25)22-16-6-8-17(9-7-16)23(2)3/h6-9,11-13H,4-5,10H2,1-3H3,(H,21,24)(H,22,25). The normalized spacial score (nSPS) is 10.2. The Hall–Kier alpha value is -2.89. The summed E-state index contributed by atoms with van der Waals surface area (Å²) >= 11 is 0. The molecule has 25 heavy (non-hydrogen) atoms. The van der Waals surface area contributed by atoms with E-state index in [1.165, 1.54) is 12.4 Å². The molecule has 1 aromatic heterocycles. The second-order valence-electron chi connectivity index (χ2n) is 5.97. The van der Waals surface area contributed by atoms with E-state index in [0.717, 1.165) is 18.5 Å². The molecule has 132 valence electrons. The zero-order valence-corrected chi connectivity index (χ0v) is 14.9. The highest BCUT2D eigenvalue weighted by molar-refractivity contribution is 6.05. The van der Waals surface area contributed by atoms with Crippen LogP contribution in [0.25, 0.3) is 0 Å². The van der Waals surface area contributed by atoms with Crippen LogP contribution in [0.5, 0.6) is 0 Å². The highest BCUT2D eigenvalue weighted by atomic mass is 16.2. The Morgan fingerprint density at radius 1 is 1.04 bits per heavy atom. The molecule has 2 amide bonds. The van der Waals surface area contributed by atoms with Crippen LogP contribution in [0.2, 0.25) is 0 Å². The third kappa shape index (κ3) is 5.31. The first-order chi connectivity index (χ1) is 12.0. The molecule has 0 unspecified atom stereocenters. The minimum absolute atomic E-state index is 0.217. The van der Waals surface area contributed by atoms with E-state index in [1.807, 2.05) is 43.3 Å². The molecule has 2 N–H and O–H groups in total. The Bertz CT molecular complexity index is 726. The van der Waals surface area contributed by atoms with Gasteiger partial charge < -0.3 is 15.5 Å². The number of rotatable bonds is 7. The smallest absolute Gasteiger partial charge is 0.257 e. The van der Waals surface area contributed by atoms with E-state index in [-0.39, 0.29) is 11.8 Å². The number of carbonyl (C=O) groups excluding carboxylic acids is 2. The summed E-state index contributed by atoms with van der Waals surface area (Å²) in [6, 6.07) is 9.07. The second-order valence-corrected chi connectivity index (χ2v) is 5.97. The number of unbranched alkanes of at least 4 members (excludes halogenated alkanes) is 1. The molecule has 0 saturated carbocycles. The maximum absolute atomic E-state index is 12.4. The van der Waals surface area contributed by atoms with Gasteiger partial charge in [-0.3, -0.25) is 14.6 Å². The van der Waals surface area contributed by atoms with E-state index in [9.17, 15) is 9.59 Å². The first-order valence-corrected chi connectivity index (χ1v) is 8.33. The quantitative estimate of drug-likeness (QED) is 0.760. The molecule has 1 heterocycles. The van der Waals surface area contributed by atoms with Crippen molar-refractivity contribution in [3.8, 4) is 0 Å². The predicted octanol–water partition coefficient (Wildman–Crippen LogP) is 2.93. The van der Waals surface area contributed by atoms with Gasteiger partial charge in [0, 0.05) is 44.4 Å². The molecule has 0 aliphatic carbocycles. The predicted molar refractivity (Wildman–Crippen MR) is 100 cm³/mol. The number of nitrogens with one attached hydrogen (secondary N) is 2. The molecule has 1 aromatic carbocycles. The van der Waals surface area contributed by atoms with Crippen molar-refractivity contribution < 1.29 is 9.59 Å². The van der Waals surface area contributed by atoms with Gasteiger partial charge in [-0.25, -0.2) is 0 Å². The van der Waals surface area contributed by atoms with Crippen molar-refractivity contribution in [2.24, 2.45) is 0 Å². The number of anilines is 2. The largest absolute Gasteiger partial charge is 0.378 e. The van der Waals surface area contributed by atoms with Crippen molar-refractivity contribution in [1.82, 2.24) is 10.3 Å². The number of hydrogen-bond donors (Lipinski definition) is 2. The monoisotopic (exact) mass is 340 g/mol. The Morgan fingerprint density at radius 3 is 2.28 bits per heavy atom. The zero-order chi connectivity index (χ0) is 18.2. The number of aromatic nitrogens is 1. The number of amides is 2. The van der Waals surface area contributed by atoms with E-state index in [2.05, 4.69) is 22.5 Å². The number of carbonyl (C=O) groups is 2. The van der Waals surface area contributed by atoms with Gasteiger partial charge in [-0.05, 0) is 36.8 Å². The SMILES string of the molecule is CCCCNC(=O)c1cncc(C(=O)Nc2ccc(N(C)C)cc2)c1. The van der Waals surface area contributed by atoms with Crippen LogP contribution in [0.1, 0.15) is 40.5 Å². The van der Waals surface area contributed by atoms with Gasteiger partial charge in [0.15, 0.2) is 0 Å². The maximum atomic E-state index is 12.4. The third-order valence-corrected chi connectivity index (χ3v) is 3.72. The van der Waals surface area contributed by atoms with Gasteiger partial charge in [-0.15, -0.1) is 0 Å². The molecule has 0 aliphatic rings. The van der Waals surface area contributed by atoms with Crippen LogP contribution in [0.15, 0.2) is 42.7 Å². The zero-order valence-electron chi connectivity index (χ0n) is 14.9. The van der Waals surface area contributed by atoms with Gasteiger partial charge in [-0.1, -0.05) is 13.3 Å². The molecule has 0 spiro atoms. The van der Waals surface area contributed by atoms with Crippen molar-refractivity contribution in [2.45, 2.75) is 19.8 Å². The molecule has 2 aromatic rings. The minimum Gasteiger partial charge on any atom is -0.378 e. The van der Waals surface area contributed by atoms with Gasteiger partial charge in [-0.2, -0.15) is 0 Å². The summed E-state index contributed by atoms with van der Waals surface area (Å²) in [5.41, 5.74) is 2.46. The molecule has 2 rings (SSSR count). The molecule has 0 saturated heterocycles. The number of benzene rings is 1. The lowest BCUT2D eigenvalue weighted by Gasteiger charge is -2.13. The van der Waals surface area contributed by atoms with Gasteiger partial charge in [0.2, 0.25) is 0 Å². The van der Waals surface area contributed by atoms with Gasteiger partial charge >= 0.3 is 0 Å². The van der Waals surface area contributed by atoms with Crippen LogP contribution in [-0.4, -0.2) is 37.4 Å². The summed E-state index contributed by atoms with van der Waals surface area (Å²) in [4.78, 5) is 30.4. The molecule has 0 fully saturated rings. The van der Waals surface area contributed by atoms with Crippen LogP contribution in [0, 0.1) is 0 Å². The van der Waals surface area contributed by atoms with Crippen molar-refractivity contribution in [1.29, 1.82) is 0 Å². The van der Waals surface area contributed by atoms with E-state index in [1.54, 1.807) is 6.07 Å². The summed E-state index contributed by atoms with van der Waals surface area (Å²) in [6.45, 7) is 2.67. The lowest BCUT2D eigenvalue weighted by atomic mass is 10.1. The molecule has 0 atom stereocenters. The Balaban J connectivity index is 2.04. The highest BCUT2D eigenvalue weighted by Gasteiger charge is 2.11. The fourth-order valence-corrected chi connectivity index (χ4v) is 2.22. The highest BCUT2D eigenvalue weighted by Crippen LogP contribution is 2.16. The van der Waals surface area contributed by atoms with Crippen LogP contribution >= 0.6 is 0 Å². The van der Waals surface area contributed by atoms with Crippen molar-refractivity contribution >= 4 is 23.2 Å². The fourth-order valence-electron chi connectivity index (χ4n) is 2.22. The topological polar surface area (TPSA) is 74.3 Å². The van der Waals surface area contributed by atoms with Crippen molar-refractivity contribution in [3.63, 3.8) is 0 Å². The summed E-state index contributed by atoms with van der Waals surface area (Å²) in [6.07, 6.45) is 4.84. The van der Waals surface area contributed by atoms with Crippen LogP contribution in [0.3, 0.4) is 0 Å². The van der Waals surface area contributed by atoms with E-state index in [4.69, 9.17) is 0 Å². The molecule has 0 bridgehead atoms. The van der Waals surface area contributed by atoms with Gasteiger partial charge in [0.1, 0.15) is 0 Å². The summed E-state index contributed by atoms with van der Waals surface area (Å²) in [7, 11) is 3.91. The first kappa shape index (κ1) is 18.4. The van der Waals surface area contributed by atoms with E-state index in [0.29, 0.717) is 23.4 Å². The van der Waals surface area contributed by atoms with E-state index < -0.39 is 0 Å². The lowest BCUT2D eigenvalue weighted by Crippen LogP contribution is -2.25. The average Bonchev–Trinajstić information content (AvgIpc) is 2.62. The number of hydrogen-bond acceptors (Lipinski definition) is 4. The maximum Gasteiger partial charge on any atom is 0.257 e. The summed E-state index contributed by atoms with van der Waals surface area (Å²) in [5.74, 6) is -0.515. The third-order valence-electron chi connectivity index (χ3n) is 3.72. The molecule has 6 nitrogen and oxygen atoms in total. The Labute approximate surface area is 148 Å². The average molecular weight is 340 g/mol. The fraction of sp³-hybridized carbons (Fsp3) is 0.316. The van der Waals surface area contributed by atoms with E-state index >= 15 is 0 Å². The molecule has 0 radical (unpaired) electrons. The number of pyridine rings is 1. The van der Waals surface area contributed by atoms with Crippen LogP contribution in [-0.2, 0) is 0 Å². The minimum atomic E-state index is -0.298.